The second-order valence-electron chi connectivity index (χ2n) is 14.0. The Bertz CT molecular complexity index is 2740. The van der Waals surface area contributed by atoms with Crippen molar-refractivity contribution >= 4 is 43.1 Å². The standard InChI is InChI=1S/C49H34/c1-49(2)45-25-12-11-18-37(45)44-24-13-23-43(48(44)49)36-28-29-42(35-17-6-5-16-34(35)36)47-40-21-9-7-19-38(40)46(39-20-8-10-22-41(39)47)33-27-26-31-14-3-4-15-32(31)30-33/h3-30H,1-2H3. The third-order valence-electron chi connectivity index (χ3n) is 11.0. The van der Waals surface area contributed by atoms with Gasteiger partial charge in [-0.2, -0.15) is 0 Å². The van der Waals surface area contributed by atoms with Crippen molar-refractivity contribution in [2.75, 3.05) is 0 Å². The van der Waals surface area contributed by atoms with Crippen LogP contribution >= 0.6 is 0 Å². The van der Waals surface area contributed by atoms with E-state index in [2.05, 4.69) is 184 Å². The summed E-state index contributed by atoms with van der Waals surface area (Å²) in [5, 5.41) is 10.2. The predicted octanol–water partition coefficient (Wildman–Crippen LogP) is 13.6. The Morgan fingerprint density at radius 1 is 0.327 bits per heavy atom. The minimum atomic E-state index is -0.0900. The maximum atomic E-state index is 2.38. The van der Waals surface area contributed by atoms with Crippen molar-refractivity contribution in [2.45, 2.75) is 19.3 Å². The highest BCUT2D eigenvalue weighted by molar-refractivity contribution is 6.24. The van der Waals surface area contributed by atoms with E-state index >= 15 is 0 Å². The zero-order chi connectivity index (χ0) is 32.7. The van der Waals surface area contributed by atoms with Gasteiger partial charge >= 0.3 is 0 Å². The predicted molar refractivity (Wildman–Crippen MR) is 210 cm³/mol. The molecule has 10 rings (SSSR count). The van der Waals surface area contributed by atoms with Crippen LogP contribution in [0.4, 0.5) is 0 Å². The topological polar surface area (TPSA) is 0 Å². The highest BCUT2D eigenvalue weighted by Crippen LogP contribution is 2.53. The summed E-state index contributed by atoms with van der Waals surface area (Å²) in [5.41, 5.74) is 13.2. The van der Waals surface area contributed by atoms with Crippen LogP contribution in [0.5, 0.6) is 0 Å². The van der Waals surface area contributed by atoms with Crippen molar-refractivity contribution in [3.63, 3.8) is 0 Å². The number of rotatable bonds is 3. The van der Waals surface area contributed by atoms with Gasteiger partial charge in [0.2, 0.25) is 0 Å². The number of fused-ring (bicyclic) bond motifs is 7. The molecule has 9 aromatic rings. The Balaban J connectivity index is 1.25. The molecule has 0 heteroatoms. The molecule has 0 fully saturated rings. The summed E-state index contributed by atoms with van der Waals surface area (Å²) in [7, 11) is 0. The summed E-state index contributed by atoms with van der Waals surface area (Å²) >= 11 is 0. The second kappa shape index (κ2) is 10.5. The van der Waals surface area contributed by atoms with Crippen molar-refractivity contribution in [1.82, 2.24) is 0 Å². The summed E-state index contributed by atoms with van der Waals surface area (Å²) in [5.74, 6) is 0. The first-order chi connectivity index (χ1) is 24.1. The first-order valence-corrected chi connectivity index (χ1v) is 17.3. The Kier molecular flexibility index (Phi) is 6.02. The molecule has 0 nitrogen and oxygen atoms in total. The lowest BCUT2D eigenvalue weighted by Crippen LogP contribution is -2.16. The molecule has 0 amide bonds. The van der Waals surface area contributed by atoms with Crippen LogP contribution in [0.2, 0.25) is 0 Å². The van der Waals surface area contributed by atoms with Crippen LogP contribution in [0, 0.1) is 0 Å². The number of hydrogen-bond acceptors (Lipinski definition) is 0. The molecule has 0 aromatic heterocycles. The fourth-order valence-electron chi connectivity index (χ4n) is 8.90. The van der Waals surface area contributed by atoms with E-state index in [1.807, 2.05) is 0 Å². The maximum absolute atomic E-state index is 2.38. The second-order valence-corrected chi connectivity index (χ2v) is 14.0. The van der Waals surface area contributed by atoms with Crippen molar-refractivity contribution in [1.29, 1.82) is 0 Å². The van der Waals surface area contributed by atoms with E-state index in [1.54, 1.807) is 0 Å². The van der Waals surface area contributed by atoms with Gasteiger partial charge in [-0.25, -0.2) is 0 Å². The quantitative estimate of drug-likeness (QED) is 0.172. The highest BCUT2D eigenvalue weighted by Gasteiger charge is 2.37. The lowest BCUT2D eigenvalue weighted by molar-refractivity contribution is 0.662. The van der Waals surface area contributed by atoms with Gasteiger partial charge in [0.25, 0.3) is 0 Å². The first kappa shape index (κ1) is 28.1. The number of benzene rings is 9. The zero-order valence-electron chi connectivity index (χ0n) is 27.7. The van der Waals surface area contributed by atoms with Gasteiger partial charge in [-0.15, -0.1) is 0 Å². The van der Waals surface area contributed by atoms with Crippen molar-refractivity contribution in [3.8, 4) is 44.5 Å². The zero-order valence-corrected chi connectivity index (χ0v) is 27.7. The SMILES string of the molecule is CC1(C)c2ccccc2-c2cccc(-c3ccc(-c4c5ccccc5c(-c5ccc6ccccc6c5)c5ccccc45)c4ccccc34)c21. The average molecular weight is 623 g/mol. The molecule has 0 saturated carbocycles. The van der Waals surface area contributed by atoms with E-state index in [9.17, 15) is 0 Å². The lowest BCUT2D eigenvalue weighted by Gasteiger charge is -2.25. The van der Waals surface area contributed by atoms with E-state index in [4.69, 9.17) is 0 Å². The Morgan fingerprint density at radius 2 is 0.816 bits per heavy atom. The minimum Gasteiger partial charge on any atom is -0.0619 e. The monoisotopic (exact) mass is 622 g/mol. The molecule has 49 heavy (non-hydrogen) atoms. The lowest BCUT2D eigenvalue weighted by atomic mass is 9.77. The van der Waals surface area contributed by atoms with E-state index in [1.165, 1.54) is 98.7 Å². The highest BCUT2D eigenvalue weighted by atomic mass is 14.4. The molecule has 0 radical (unpaired) electrons. The molecule has 230 valence electrons. The number of hydrogen-bond donors (Lipinski definition) is 0. The largest absolute Gasteiger partial charge is 0.0619 e. The van der Waals surface area contributed by atoms with Crippen LogP contribution in [0.25, 0.3) is 87.6 Å². The summed E-state index contributed by atoms with van der Waals surface area (Å²) in [6.45, 7) is 4.76. The van der Waals surface area contributed by atoms with Crippen LogP contribution in [-0.4, -0.2) is 0 Å². The van der Waals surface area contributed by atoms with E-state index < -0.39 is 0 Å². The van der Waals surface area contributed by atoms with Crippen molar-refractivity contribution in [2.24, 2.45) is 0 Å². The fourth-order valence-corrected chi connectivity index (χ4v) is 8.90. The fraction of sp³-hybridized carbons (Fsp3) is 0.0612. The average Bonchev–Trinajstić information content (AvgIpc) is 3.39. The van der Waals surface area contributed by atoms with E-state index in [0.29, 0.717) is 0 Å². The smallest absolute Gasteiger partial charge is 0.0165 e. The molecule has 0 atom stereocenters. The van der Waals surface area contributed by atoms with Gasteiger partial charge in [0.05, 0.1) is 0 Å². The molecule has 1 aliphatic rings. The van der Waals surface area contributed by atoms with Crippen LogP contribution in [0.15, 0.2) is 170 Å². The molecular weight excluding hydrogens is 589 g/mol. The van der Waals surface area contributed by atoms with Gasteiger partial charge in [0.1, 0.15) is 0 Å². The summed E-state index contributed by atoms with van der Waals surface area (Å²) in [6, 6.07) is 63.1. The van der Waals surface area contributed by atoms with Gasteiger partial charge in [0.15, 0.2) is 0 Å². The Hall–Kier alpha value is -5.98. The van der Waals surface area contributed by atoms with Crippen LogP contribution in [-0.2, 0) is 5.41 Å². The summed E-state index contributed by atoms with van der Waals surface area (Å²) < 4.78 is 0. The van der Waals surface area contributed by atoms with Gasteiger partial charge in [-0.3, -0.25) is 0 Å². The minimum absolute atomic E-state index is 0.0900. The maximum Gasteiger partial charge on any atom is 0.0165 e. The van der Waals surface area contributed by atoms with Crippen LogP contribution in [0.3, 0.4) is 0 Å². The normalized spacial score (nSPS) is 13.3. The van der Waals surface area contributed by atoms with Gasteiger partial charge in [-0.05, 0) is 105 Å². The molecule has 0 bridgehead atoms. The molecule has 0 spiro atoms. The molecule has 0 heterocycles. The Labute approximate surface area is 286 Å². The van der Waals surface area contributed by atoms with Crippen molar-refractivity contribution in [3.05, 3.63) is 181 Å². The molecule has 0 saturated heterocycles. The molecule has 1 aliphatic carbocycles. The van der Waals surface area contributed by atoms with Crippen molar-refractivity contribution < 1.29 is 0 Å². The van der Waals surface area contributed by atoms with Gasteiger partial charge in [0, 0.05) is 5.41 Å². The molecule has 9 aromatic carbocycles. The molecule has 0 N–H and O–H groups in total. The van der Waals surface area contributed by atoms with Gasteiger partial charge < -0.3 is 0 Å². The third kappa shape index (κ3) is 4.04. The summed E-state index contributed by atoms with van der Waals surface area (Å²) in [4.78, 5) is 0. The third-order valence-corrected chi connectivity index (χ3v) is 11.0. The Morgan fingerprint density at radius 3 is 1.51 bits per heavy atom. The van der Waals surface area contributed by atoms with Crippen LogP contribution in [0.1, 0.15) is 25.0 Å². The van der Waals surface area contributed by atoms with Gasteiger partial charge in [-0.1, -0.05) is 178 Å². The molecular formula is C49H34. The van der Waals surface area contributed by atoms with E-state index in [-0.39, 0.29) is 5.41 Å². The molecule has 0 unspecified atom stereocenters. The summed E-state index contributed by atoms with van der Waals surface area (Å²) in [6.07, 6.45) is 0. The molecule has 0 aliphatic heterocycles. The first-order valence-electron chi connectivity index (χ1n) is 17.3. The van der Waals surface area contributed by atoms with Crippen LogP contribution < -0.4 is 0 Å². The van der Waals surface area contributed by atoms with E-state index in [0.717, 1.165) is 0 Å².